The van der Waals surface area contributed by atoms with Gasteiger partial charge in [-0.05, 0) is 48.5 Å². The SMILES string of the molecule is CC(C)OC(=O)OCOC(=O)C(C)(C)NC(=O)OC(C)(C)C. The van der Waals surface area contributed by atoms with Crippen LogP contribution in [0.4, 0.5) is 9.59 Å². The van der Waals surface area contributed by atoms with Crippen LogP contribution in [0, 0.1) is 0 Å². The van der Waals surface area contributed by atoms with Crippen LogP contribution in [-0.2, 0) is 23.7 Å². The van der Waals surface area contributed by atoms with Gasteiger partial charge in [-0.15, -0.1) is 0 Å². The summed E-state index contributed by atoms with van der Waals surface area (Å²) in [5.41, 5.74) is -2.03. The molecule has 0 aliphatic rings. The summed E-state index contributed by atoms with van der Waals surface area (Å²) in [6.07, 6.45) is -2.04. The molecular formula is C14H25NO7. The zero-order valence-corrected chi connectivity index (χ0v) is 14.1. The number of rotatable bonds is 5. The third-order valence-corrected chi connectivity index (χ3v) is 2.02. The average molecular weight is 319 g/mol. The highest BCUT2D eigenvalue weighted by Crippen LogP contribution is 2.10. The first-order valence-electron chi connectivity index (χ1n) is 6.85. The van der Waals surface area contributed by atoms with Crippen molar-refractivity contribution in [2.45, 2.75) is 65.7 Å². The lowest BCUT2D eigenvalue weighted by atomic mass is 10.1. The van der Waals surface area contributed by atoms with E-state index in [1.165, 1.54) is 13.8 Å². The summed E-state index contributed by atoms with van der Waals surface area (Å²) in [7, 11) is 0. The number of carbonyl (C=O) groups is 3. The smallest absolute Gasteiger partial charge is 0.444 e. The molecule has 0 bridgehead atoms. The highest BCUT2D eigenvalue weighted by molar-refractivity contribution is 5.84. The average Bonchev–Trinajstić information content (AvgIpc) is 2.23. The van der Waals surface area contributed by atoms with Crippen LogP contribution in [0.15, 0.2) is 0 Å². The molecule has 0 saturated carbocycles. The molecule has 0 unspecified atom stereocenters. The number of esters is 1. The maximum Gasteiger partial charge on any atom is 0.511 e. The van der Waals surface area contributed by atoms with Gasteiger partial charge in [0, 0.05) is 0 Å². The van der Waals surface area contributed by atoms with Crippen LogP contribution in [0.25, 0.3) is 0 Å². The Bertz CT molecular complexity index is 410. The first kappa shape index (κ1) is 20.0. The summed E-state index contributed by atoms with van der Waals surface area (Å²) in [4.78, 5) is 34.6. The molecule has 0 aromatic rings. The Labute approximate surface area is 130 Å². The molecule has 8 nitrogen and oxygen atoms in total. The van der Waals surface area contributed by atoms with Gasteiger partial charge < -0.3 is 24.3 Å². The minimum atomic E-state index is -1.34. The molecule has 0 aliphatic heterocycles. The van der Waals surface area contributed by atoms with E-state index in [1.54, 1.807) is 34.6 Å². The van der Waals surface area contributed by atoms with Gasteiger partial charge in [0.1, 0.15) is 11.1 Å². The fraction of sp³-hybridized carbons (Fsp3) is 0.786. The Kier molecular flexibility index (Phi) is 7.15. The van der Waals surface area contributed by atoms with Gasteiger partial charge in [-0.1, -0.05) is 0 Å². The van der Waals surface area contributed by atoms with Gasteiger partial charge in [0.15, 0.2) is 0 Å². The summed E-state index contributed by atoms with van der Waals surface area (Å²) in [6.45, 7) is 10.7. The molecule has 8 heteroatoms. The van der Waals surface area contributed by atoms with E-state index < -0.39 is 36.2 Å². The number of ether oxygens (including phenoxy) is 4. The molecular weight excluding hydrogens is 294 g/mol. The largest absolute Gasteiger partial charge is 0.511 e. The lowest BCUT2D eigenvalue weighted by molar-refractivity contribution is -0.160. The summed E-state index contributed by atoms with van der Waals surface area (Å²) < 4.78 is 19.1. The Morgan fingerprint density at radius 1 is 1.00 bits per heavy atom. The zero-order valence-electron chi connectivity index (χ0n) is 14.1. The molecule has 0 aliphatic carbocycles. The first-order valence-corrected chi connectivity index (χ1v) is 6.85. The molecule has 0 radical (unpaired) electrons. The number of alkyl carbamates (subject to hydrolysis) is 1. The summed E-state index contributed by atoms with van der Waals surface area (Å²) in [5.74, 6) is -0.782. The van der Waals surface area contributed by atoms with E-state index in [2.05, 4.69) is 10.1 Å². The van der Waals surface area contributed by atoms with Crippen molar-refractivity contribution in [3.05, 3.63) is 0 Å². The first-order chi connectivity index (χ1) is 9.83. The molecule has 0 aromatic carbocycles. The second kappa shape index (κ2) is 7.86. The highest BCUT2D eigenvalue weighted by Gasteiger charge is 2.33. The van der Waals surface area contributed by atoms with Crippen LogP contribution in [0.2, 0.25) is 0 Å². The molecule has 0 atom stereocenters. The predicted molar refractivity (Wildman–Crippen MR) is 77.1 cm³/mol. The topological polar surface area (TPSA) is 100 Å². The second-order valence-electron chi connectivity index (χ2n) is 6.36. The minimum Gasteiger partial charge on any atom is -0.444 e. The number of hydrogen-bond donors (Lipinski definition) is 1. The quantitative estimate of drug-likeness (QED) is 0.471. The lowest BCUT2D eigenvalue weighted by Gasteiger charge is -2.26. The Hall–Kier alpha value is -1.99. The monoisotopic (exact) mass is 319 g/mol. The molecule has 0 fully saturated rings. The van der Waals surface area contributed by atoms with Crippen molar-refractivity contribution in [1.29, 1.82) is 0 Å². The van der Waals surface area contributed by atoms with Crippen molar-refractivity contribution < 1.29 is 33.3 Å². The number of nitrogens with one attached hydrogen (secondary N) is 1. The van der Waals surface area contributed by atoms with Gasteiger partial charge in [0.2, 0.25) is 6.79 Å². The van der Waals surface area contributed by atoms with E-state index in [0.717, 1.165) is 0 Å². The maximum absolute atomic E-state index is 11.8. The van der Waals surface area contributed by atoms with Gasteiger partial charge in [-0.25, -0.2) is 14.4 Å². The van der Waals surface area contributed by atoms with Crippen LogP contribution < -0.4 is 5.32 Å². The molecule has 0 saturated heterocycles. The van der Waals surface area contributed by atoms with E-state index in [-0.39, 0.29) is 6.10 Å². The number of hydrogen-bond acceptors (Lipinski definition) is 7. The van der Waals surface area contributed by atoms with E-state index in [9.17, 15) is 14.4 Å². The van der Waals surface area contributed by atoms with Crippen molar-refractivity contribution in [2.75, 3.05) is 6.79 Å². The third kappa shape index (κ3) is 9.04. The molecule has 0 aromatic heterocycles. The molecule has 0 rings (SSSR count). The van der Waals surface area contributed by atoms with Crippen LogP contribution in [0.3, 0.4) is 0 Å². The molecule has 1 N–H and O–H groups in total. The maximum atomic E-state index is 11.8. The van der Waals surface area contributed by atoms with E-state index in [1.807, 2.05) is 0 Å². The van der Waals surface area contributed by atoms with Crippen molar-refractivity contribution in [3.8, 4) is 0 Å². The van der Waals surface area contributed by atoms with Crippen LogP contribution in [-0.4, -0.2) is 42.3 Å². The lowest BCUT2D eigenvalue weighted by Crippen LogP contribution is -2.52. The summed E-state index contributed by atoms with van der Waals surface area (Å²) >= 11 is 0. The normalized spacial score (nSPS) is 11.6. The number of amides is 1. The summed E-state index contributed by atoms with van der Waals surface area (Å²) in [5, 5.41) is 2.38. The third-order valence-electron chi connectivity index (χ3n) is 2.02. The van der Waals surface area contributed by atoms with Crippen LogP contribution in [0.5, 0.6) is 0 Å². The second-order valence-corrected chi connectivity index (χ2v) is 6.36. The van der Waals surface area contributed by atoms with Crippen molar-refractivity contribution in [1.82, 2.24) is 5.32 Å². The Morgan fingerprint density at radius 2 is 1.55 bits per heavy atom. The number of carbonyl (C=O) groups excluding carboxylic acids is 3. The van der Waals surface area contributed by atoms with E-state index in [4.69, 9.17) is 14.2 Å². The van der Waals surface area contributed by atoms with Crippen LogP contribution >= 0.6 is 0 Å². The van der Waals surface area contributed by atoms with Gasteiger partial charge >= 0.3 is 18.2 Å². The molecule has 128 valence electrons. The Balaban J connectivity index is 4.28. The fourth-order valence-electron chi connectivity index (χ4n) is 1.15. The predicted octanol–water partition coefficient (Wildman–Crippen LogP) is 2.35. The summed E-state index contributed by atoms with van der Waals surface area (Å²) in [6, 6.07) is 0. The van der Waals surface area contributed by atoms with Crippen LogP contribution in [0.1, 0.15) is 48.5 Å². The molecule has 0 spiro atoms. The van der Waals surface area contributed by atoms with Crippen molar-refractivity contribution in [2.24, 2.45) is 0 Å². The molecule has 22 heavy (non-hydrogen) atoms. The molecule has 0 heterocycles. The molecule has 1 amide bonds. The van der Waals surface area contributed by atoms with Crippen molar-refractivity contribution in [3.63, 3.8) is 0 Å². The zero-order chi connectivity index (χ0) is 17.6. The van der Waals surface area contributed by atoms with Gasteiger partial charge in [0.05, 0.1) is 6.10 Å². The van der Waals surface area contributed by atoms with Crippen molar-refractivity contribution >= 4 is 18.2 Å². The van der Waals surface area contributed by atoms with Gasteiger partial charge in [-0.3, -0.25) is 0 Å². The van der Waals surface area contributed by atoms with E-state index >= 15 is 0 Å². The van der Waals surface area contributed by atoms with E-state index in [0.29, 0.717) is 0 Å². The van der Waals surface area contributed by atoms with Gasteiger partial charge in [-0.2, -0.15) is 0 Å². The highest BCUT2D eigenvalue weighted by atomic mass is 16.8. The fourth-order valence-corrected chi connectivity index (χ4v) is 1.15. The van der Waals surface area contributed by atoms with Gasteiger partial charge in [0.25, 0.3) is 0 Å². The standard InChI is InChI=1S/C14H25NO7/c1-9(2)21-12(18)20-8-19-10(16)14(6,7)15-11(17)22-13(3,4)5/h9H,8H2,1-7H3,(H,15,17). The minimum absolute atomic E-state index is 0.339. The Morgan fingerprint density at radius 3 is 2.00 bits per heavy atom.